The fourth-order valence-electron chi connectivity index (χ4n) is 3.13. The van der Waals surface area contributed by atoms with Crippen molar-refractivity contribution in [2.45, 2.75) is 31.6 Å². The molecule has 2 unspecified atom stereocenters. The van der Waals surface area contributed by atoms with Gasteiger partial charge in [-0.05, 0) is 30.5 Å². The topological polar surface area (TPSA) is 51.2 Å². The molecule has 0 aliphatic carbocycles. The molecule has 5 nitrogen and oxygen atoms in total. The van der Waals surface area contributed by atoms with Crippen LogP contribution in [0.2, 0.25) is 0 Å². The first-order valence-electron chi connectivity index (χ1n) is 7.01. The van der Waals surface area contributed by atoms with Gasteiger partial charge in [0, 0.05) is 19.6 Å². The van der Waals surface area contributed by atoms with E-state index in [1.165, 1.54) is 12.8 Å². The van der Waals surface area contributed by atoms with E-state index in [-0.39, 0.29) is 5.75 Å². The van der Waals surface area contributed by atoms with Crippen molar-refractivity contribution in [2.24, 2.45) is 0 Å². The molecule has 2 heterocycles. The summed E-state index contributed by atoms with van der Waals surface area (Å²) < 4.78 is 16.2. The molecule has 0 aromatic heterocycles. The maximum absolute atomic E-state index is 9.93. The lowest BCUT2D eigenvalue weighted by Crippen LogP contribution is -2.41. The van der Waals surface area contributed by atoms with E-state index in [1.807, 2.05) is 12.1 Å². The second-order valence-corrected chi connectivity index (χ2v) is 5.50. The Hall–Kier alpha value is -1.46. The van der Waals surface area contributed by atoms with Crippen molar-refractivity contribution in [1.29, 1.82) is 0 Å². The van der Waals surface area contributed by atoms with Gasteiger partial charge in [0.05, 0.1) is 26.4 Å². The number of hydrogen-bond acceptors (Lipinski definition) is 5. The monoisotopic (exact) mass is 279 g/mol. The van der Waals surface area contributed by atoms with Crippen molar-refractivity contribution in [3.63, 3.8) is 0 Å². The number of nitrogens with zero attached hydrogens (tertiary/aromatic N) is 1. The number of likely N-dealkylation sites (tertiary alicyclic amines) is 1. The van der Waals surface area contributed by atoms with E-state index in [0.29, 0.717) is 23.7 Å². The highest BCUT2D eigenvalue weighted by atomic mass is 16.5. The minimum atomic E-state index is 0.0563. The molecule has 110 valence electrons. The molecule has 2 saturated heterocycles. The molecule has 2 aliphatic rings. The number of fused-ring (bicyclic) bond motifs is 2. The Morgan fingerprint density at radius 1 is 1.15 bits per heavy atom. The molecule has 0 radical (unpaired) electrons. The highest BCUT2D eigenvalue weighted by Crippen LogP contribution is 2.37. The van der Waals surface area contributed by atoms with Gasteiger partial charge in [-0.25, -0.2) is 0 Å². The van der Waals surface area contributed by atoms with E-state index in [2.05, 4.69) is 4.90 Å². The third-order valence-electron chi connectivity index (χ3n) is 4.06. The Bertz CT molecular complexity index is 454. The molecule has 0 amide bonds. The first-order chi connectivity index (χ1) is 9.69. The number of methoxy groups -OCH3 is 2. The number of ether oxygens (including phenoxy) is 3. The molecular formula is C15H21NO4. The third-order valence-corrected chi connectivity index (χ3v) is 4.06. The predicted octanol–water partition coefficient (Wildman–Crippen LogP) is 1.77. The van der Waals surface area contributed by atoms with Crippen LogP contribution in [-0.4, -0.2) is 49.5 Å². The van der Waals surface area contributed by atoms with Crippen LogP contribution in [0.5, 0.6) is 17.2 Å². The molecule has 0 spiro atoms. The molecule has 2 atom stereocenters. The number of morpholine rings is 1. The highest BCUT2D eigenvalue weighted by Gasteiger charge is 2.33. The summed E-state index contributed by atoms with van der Waals surface area (Å²) in [6.45, 7) is 2.77. The number of aromatic hydroxyl groups is 1. The fourth-order valence-corrected chi connectivity index (χ4v) is 3.13. The molecule has 1 aromatic carbocycles. The van der Waals surface area contributed by atoms with Gasteiger partial charge >= 0.3 is 0 Å². The van der Waals surface area contributed by atoms with Crippen LogP contribution in [0.3, 0.4) is 0 Å². The lowest BCUT2D eigenvalue weighted by molar-refractivity contribution is -0.0410. The van der Waals surface area contributed by atoms with Crippen molar-refractivity contribution in [3.05, 3.63) is 17.7 Å². The van der Waals surface area contributed by atoms with E-state index in [9.17, 15) is 5.11 Å². The van der Waals surface area contributed by atoms with Gasteiger partial charge in [-0.3, -0.25) is 4.90 Å². The van der Waals surface area contributed by atoms with E-state index >= 15 is 0 Å². The fraction of sp³-hybridized carbons (Fsp3) is 0.600. The van der Waals surface area contributed by atoms with E-state index in [0.717, 1.165) is 25.2 Å². The molecule has 2 fully saturated rings. The molecule has 0 saturated carbocycles. The quantitative estimate of drug-likeness (QED) is 0.910. The summed E-state index contributed by atoms with van der Waals surface area (Å²) in [4.78, 5) is 2.40. The largest absolute Gasteiger partial charge is 0.502 e. The number of benzene rings is 1. The molecule has 2 bridgehead atoms. The molecule has 20 heavy (non-hydrogen) atoms. The molecule has 3 rings (SSSR count). The number of hydrogen-bond donors (Lipinski definition) is 1. The van der Waals surface area contributed by atoms with Crippen molar-refractivity contribution >= 4 is 0 Å². The zero-order chi connectivity index (χ0) is 14.1. The summed E-state index contributed by atoms with van der Waals surface area (Å²) in [6, 6.07) is 3.74. The smallest absolute Gasteiger partial charge is 0.200 e. The van der Waals surface area contributed by atoms with Gasteiger partial charge in [-0.2, -0.15) is 0 Å². The van der Waals surface area contributed by atoms with Crippen LogP contribution >= 0.6 is 0 Å². The van der Waals surface area contributed by atoms with Gasteiger partial charge < -0.3 is 19.3 Å². The number of phenols is 1. The average molecular weight is 279 g/mol. The minimum Gasteiger partial charge on any atom is -0.502 e. The summed E-state index contributed by atoms with van der Waals surface area (Å²) in [5.74, 6) is 0.965. The Morgan fingerprint density at radius 2 is 1.70 bits per heavy atom. The maximum Gasteiger partial charge on any atom is 0.200 e. The molecule has 5 heteroatoms. The van der Waals surface area contributed by atoms with Crippen LogP contribution in [-0.2, 0) is 11.3 Å². The highest BCUT2D eigenvalue weighted by molar-refractivity contribution is 5.52. The summed E-state index contributed by atoms with van der Waals surface area (Å²) in [7, 11) is 3.10. The summed E-state index contributed by atoms with van der Waals surface area (Å²) in [5, 5.41) is 9.93. The zero-order valence-electron chi connectivity index (χ0n) is 12.0. The van der Waals surface area contributed by atoms with Crippen LogP contribution in [0, 0.1) is 0 Å². The Labute approximate surface area is 119 Å². The Balaban J connectivity index is 1.76. The second-order valence-electron chi connectivity index (χ2n) is 5.50. The SMILES string of the molecule is COc1cc(CN2CC3CCC(C2)O3)cc(OC)c1O. The number of phenolic OH excluding ortho intramolecular Hbond substituents is 1. The van der Waals surface area contributed by atoms with Crippen molar-refractivity contribution in [1.82, 2.24) is 4.90 Å². The van der Waals surface area contributed by atoms with Gasteiger partial charge in [-0.1, -0.05) is 0 Å². The maximum atomic E-state index is 9.93. The lowest BCUT2D eigenvalue weighted by atomic mass is 10.1. The second kappa shape index (κ2) is 5.50. The normalized spacial score (nSPS) is 25.7. The molecular weight excluding hydrogens is 258 g/mol. The average Bonchev–Trinajstić information content (AvgIpc) is 2.79. The van der Waals surface area contributed by atoms with E-state index in [4.69, 9.17) is 14.2 Å². The van der Waals surface area contributed by atoms with Crippen molar-refractivity contribution in [2.75, 3.05) is 27.3 Å². The van der Waals surface area contributed by atoms with Crippen LogP contribution in [0.1, 0.15) is 18.4 Å². The van der Waals surface area contributed by atoms with E-state index < -0.39 is 0 Å². The summed E-state index contributed by atoms with van der Waals surface area (Å²) in [5.41, 5.74) is 1.08. The lowest BCUT2D eigenvalue weighted by Gasteiger charge is -2.32. The van der Waals surface area contributed by atoms with Gasteiger partial charge in [0.2, 0.25) is 5.75 Å². The van der Waals surface area contributed by atoms with Gasteiger partial charge in [0.15, 0.2) is 11.5 Å². The number of rotatable bonds is 4. The van der Waals surface area contributed by atoms with Gasteiger partial charge in [0.1, 0.15) is 0 Å². The van der Waals surface area contributed by atoms with Gasteiger partial charge in [-0.15, -0.1) is 0 Å². The minimum absolute atomic E-state index is 0.0563. The Morgan fingerprint density at radius 3 is 2.20 bits per heavy atom. The Kier molecular flexibility index (Phi) is 3.72. The zero-order valence-corrected chi connectivity index (χ0v) is 12.0. The van der Waals surface area contributed by atoms with Crippen LogP contribution in [0.4, 0.5) is 0 Å². The van der Waals surface area contributed by atoms with Crippen molar-refractivity contribution in [3.8, 4) is 17.2 Å². The molecule has 1 N–H and O–H groups in total. The van der Waals surface area contributed by atoms with Crippen LogP contribution in [0.15, 0.2) is 12.1 Å². The molecule has 1 aromatic rings. The predicted molar refractivity (Wildman–Crippen MR) is 74.4 cm³/mol. The third kappa shape index (κ3) is 2.55. The van der Waals surface area contributed by atoms with Crippen LogP contribution < -0.4 is 9.47 Å². The van der Waals surface area contributed by atoms with E-state index in [1.54, 1.807) is 14.2 Å². The van der Waals surface area contributed by atoms with Gasteiger partial charge in [0.25, 0.3) is 0 Å². The molecule has 2 aliphatic heterocycles. The van der Waals surface area contributed by atoms with Crippen LogP contribution in [0.25, 0.3) is 0 Å². The standard InChI is InChI=1S/C15H21NO4/c1-18-13-5-10(6-14(19-2)15(13)17)7-16-8-11-3-4-12(9-16)20-11/h5-6,11-12,17H,3-4,7-9H2,1-2H3. The van der Waals surface area contributed by atoms with Crippen molar-refractivity contribution < 1.29 is 19.3 Å². The first kappa shape index (κ1) is 13.5. The first-order valence-corrected chi connectivity index (χ1v) is 7.01. The summed E-state index contributed by atoms with van der Waals surface area (Å²) in [6.07, 6.45) is 3.11. The summed E-state index contributed by atoms with van der Waals surface area (Å²) >= 11 is 0.